The molecule has 15 heavy (non-hydrogen) atoms. The number of carbonyl (C=O) groups is 1. The Morgan fingerprint density at radius 2 is 2.20 bits per heavy atom. The number of rotatable bonds is 1. The van der Waals surface area contributed by atoms with Crippen LogP contribution in [-0.4, -0.2) is 42.5 Å². The molecule has 3 nitrogen and oxygen atoms in total. The maximum atomic E-state index is 11.5. The van der Waals surface area contributed by atoms with Crippen molar-refractivity contribution >= 4 is 5.78 Å². The van der Waals surface area contributed by atoms with Crippen LogP contribution in [0.5, 0.6) is 0 Å². The van der Waals surface area contributed by atoms with Crippen LogP contribution >= 0.6 is 0 Å². The zero-order valence-electron chi connectivity index (χ0n) is 9.74. The molecular formula is C12H21NO2. The van der Waals surface area contributed by atoms with Crippen LogP contribution < -0.4 is 0 Å². The minimum atomic E-state index is 0.322. The Morgan fingerprint density at radius 1 is 1.40 bits per heavy atom. The molecule has 1 saturated carbocycles. The van der Waals surface area contributed by atoms with Crippen LogP contribution in [-0.2, 0) is 9.53 Å². The van der Waals surface area contributed by atoms with Gasteiger partial charge in [-0.05, 0) is 19.3 Å². The van der Waals surface area contributed by atoms with Crippen LogP contribution in [0.4, 0.5) is 0 Å². The number of carbonyl (C=O) groups excluding carboxylic acids is 1. The molecule has 2 fully saturated rings. The lowest BCUT2D eigenvalue weighted by Crippen LogP contribution is -2.51. The van der Waals surface area contributed by atoms with E-state index in [4.69, 9.17) is 4.74 Å². The van der Waals surface area contributed by atoms with Crippen molar-refractivity contribution in [3.63, 3.8) is 0 Å². The number of morpholine rings is 1. The Balaban J connectivity index is 1.97. The number of ether oxygens (including phenoxy) is 1. The van der Waals surface area contributed by atoms with E-state index in [1.807, 2.05) is 0 Å². The van der Waals surface area contributed by atoms with Gasteiger partial charge in [0, 0.05) is 32.0 Å². The van der Waals surface area contributed by atoms with E-state index in [-0.39, 0.29) is 0 Å². The van der Waals surface area contributed by atoms with Crippen LogP contribution in [0.25, 0.3) is 0 Å². The Morgan fingerprint density at radius 3 is 2.93 bits per heavy atom. The van der Waals surface area contributed by atoms with Gasteiger partial charge in [-0.15, -0.1) is 0 Å². The predicted molar refractivity (Wildman–Crippen MR) is 58.8 cm³/mol. The summed E-state index contributed by atoms with van der Waals surface area (Å²) in [5.74, 6) is 1.10. The highest BCUT2D eigenvalue weighted by molar-refractivity contribution is 5.79. The van der Waals surface area contributed by atoms with Crippen LogP contribution in [0.15, 0.2) is 0 Å². The molecule has 0 radical (unpaired) electrons. The summed E-state index contributed by atoms with van der Waals surface area (Å²) in [5, 5.41) is 0. The second-order valence-corrected chi connectivity index (χ2v) is 5.00. The molecule has 0 aromatic carbocycles. The van der Waals surface area contributed by atoms with E-state index >= 15 is 0 Å². The number of hydrogen-bond donors (Lipinski definition) is 0. The quantitative estimate of drug-likeness (QED) is 0.657. The summed E-state index contributed by atoms with van der Waals surface area (Å²) in [6.45, 7) is 7.19. The normalized spacial score (nSPS) is 39.3. The highest BCUT2D eigenvalue weighted by Gasteiger charge is 2.32. The lowest BCUT2D eigenvalue weighted by molar-refractivity contribution is -0.125. The van der Waals surface area contributed by atoms with E-state index in [9.17, 15) is 4.79 Å². The predicted octanol–water partition coefficient (Wildman–Crippen LogP) is 1.46. The molecule has 86 valence electrons. The van der Waals surface area contributed by atoms with E-state index in [1.54, 1.807) is 0 Å². The molecule has 0 N–H and O–H groups in total. The lowest BCUT2D eigenvalue weighted by Gasteiger charge is -2.41. The molecule has 0 bridgehead atoms. The van der Waals surface area contributed by atoms with Gasteiger partial charge >= 0.3 is 0 Å². The van der Waals surface area contributed by atoms with Crippen molar-refractivity contribution in [2.24, 2.45) is 5.92 Å². The zero-order valence-corrected chi connectivity index (χ0v) is 9.74. The zero-order chi connectivity index (χ0) is 10.8. The third kappa shape index (κ3) is 2.58. The average molecular weight is 211 g/mol. The minimum absolute atomic E-state index is 0.322. The SMILES string of the molecule is CC1CN(C2CC(=O)CCC2C)CCO1. The van der Waals surface area contributed by atoms with Gasteiger partial charge in [0.25, 0.3) is 0 Å². The van der Waals surface area contributed by atoms with E-state index < -0.39 is 0 Å². The van der Waals surface area contributed by atoms with Crippen molar-refractivity contribution in [2.45, 2.75) is 45.3 Å². The van der Waals surface area contributed by atoms with Crippen LogP contribution in [0.2, 0.25) is 0 Å². The number of ketones is 1. The van der Waals surface area contributed by atoms with Gasteiger partial charge in [-0.25, -0.2) is 0 Å². The number of Topliss-reactive ketones (excluding diaryl/α,β-unsaturated/α-hetero) is 1. The number of hydrogen-bond acceptors (Lipinski definition) is 3. The highest BCUT2D eigenvalue weighted by Crippen LogP contribution is 2.27. The molecule has 1 saturated heterocycles. The van der Waals surface area contributed by atoms with Crippen molar-refractivity contribution in [2.75, 3.05) is 19.7 Å². The maximum absolute atomic E-state index is 11.5. The molecule has 3 atom stereocenters. The molecule has 1 heterocycles. The summed E-state index contributed by atoms with van der Waals surface area (Å²) in [6.07, 6.45) is 2.93. The smallest absolute Gasteiger partial charge is 0.134 e. The summed E-state index contributed by atoms with van der Waals surface area (Å²) in [6, 6.07) is 0.470. The molecule has 0 spiro atoms. The summed E-state index contributed by atoms with van der Waals surface area (Å²) in [5.41, 5.74) is 0. The van der Waals surface area contributed by atoms with Gasteiger partial charge in [-0.2, -0.15) is 0 Å². The fourth-order valence-electron chi connectivity index (χ4n) is 2.75. The first-order valence-corrected chi connectivity index (χ1v) is 6.04. The molecule has 3 heteroatoms. The van der Waals surface area contributed by atoms with Gasteiger partial charge in [0.2, 0.25) is 0 Å². The Bertz CT molecular complexity index is 242. The first-order valence-electron chi connectivity index (χ1n) is 6.04. The van der Waals surface area contributed by atoms with Gasteiger partial charge in [-0.3, -0.25) is 9.69 Å². The average Bonchev–Trinajstić information content (AvgIpc) is 2.22. The van der Waals surface area contributed by atoms with Gasteiger partial charge in [-0.1, -0.05) is 6.92 Å². The largest absolute Gasteiger partial charge is 0.376 e. The third-order valence-corrected chi connectivity index (χ3v) is 3.71. The fourth-order valence-corrected chi connectivity index (χ4v) is 2.75. The van der Waals surface area contributed by atoms with Crippen molar-refractivity contribution in [1.29, 1.82) is 0 Å². The molecular weight excluding hydrogens is 190 g/mol. The fraction of sp³-hybridized carbons (Fsp3) is 0.917. The Labute approximate surface area is 91.8 Å². The van der Waals surface area contributed by atoms with Crippen molar-refractivity contribution in [3.8, 4) is 0 Å². The summed E-state index contributed by atoms with van der Waals surface area (Å²) in [4.78, 5) is 13.9. The van der Waals surface area contributed by atoms with E-state index in [1.165, 1.54) is 0 Å². The summed E-state index contributed by atoms with van der Waals surface area (Å²) >= 11 is 0. The maximum Gasteiger partial charge on any atom is 0.134 e. The van der Waals surface area contributed by atoms with Crippen molar-refractivity contribution in [3.05, 3.63) is 0 Å². The Hall–Kier alpha value is -0.410. The van der Waals surface area contributed by atoms with Gasteiger partial charge < -0.3 is 4.74 Å². The van der Waals surface area contributed by atoms with Crippen molar-refractivity contribution in [1.82, 2.24) is 4.90 Å². The van der Waals surface area contributed by atoms with Crippen LogP contribution in [0.1, 0.15) is 33.1 Å². The van der Waals surface area contributed by atoms with Gasteiger partial charge in [0.1, 0.15) is 5.78 Å². The van der Waals surface area contributed by atoms with Gasteiger partial charge in [0.05, 0.1) is 12.7 Å². The molecule has 2 rings (SSSR count). The first kappa shape index (κ1) is 11.1. The highest BCUT2D eigenvalue weighted by atomic mass is 16.5. The van der Waals surface area contributed by atoms with E-state index in [0.717, 1.165) is 39.0 Å². The van der Waals surface area contributed by atoms with Crippen LogP contribution in [0, 0.1) is 5.92 Å². The van der Waals surface area contributed by atoms with Crippen LogP contribution in [0.3, 0.4) is 0 Å². The lowest BCUT2D eigenvalue weighted by atomic mass is 9.84. The minimum Gasteiger partial charge on any atom is -0.376 e. The van der Waals surface area contributed by atoms with Gasteiger partial charge in [0.15, 0.2) is 0 Å². The molecule has 2 aliphatic rings. The standard InChI is InChI=1S/C12H21NO2/c1-9-3-4-11(14)7-12(9)13-5-6-15-10(2)8-13/h9-10,12H,3-8H2,1-2H3. The third-order valence-electron chi connectivity index (χ3n) is 3.71. The first-order chi connectivity index (χ1) is 7.16. The van der Waals surface area contributed by atoms with E-state index in [2.05, 4.69) is 18.7 Å². The molecule has 1 aliphatic heterocycles. The summed E-state index contributed by atoms with van der Waals surface area (Å²) < 4.78 is 5.53. The summed E-state index contributed by atoms with van der Waals surface area (Å²) in [7, 11) is 0. The number of nitrogens with zero attached hydrogens (tertiary/aromatic N) is 1. The van der Waals surface area contributed by atoms with E-state index in [0.29, 0.717) is 23.8 Å². The monoisotopic (exact) mass is 211 g/mol. The molecule has 0 aromatic heterocycles. The van der Waals surface area contributed by atoms with Crippen molar-refractivity contribution < 1.29 is 9.53 Å². The second kappa shape index (κ2) is 4.62. The second-order valence-electron chi connectivity index (χ2n) is 5.00. The molecule has 1 aliphatic carbocycles. The molecule has 3 unspecified atom stereocenters. The molecule has 0 amide bonds. The Kier molecular flexibility index (Phi) is 3.42. The molecule has 0 aromatic rings. The topological polar surface area (TPSA) is 29.5 Å².